The van der Waals surface area contributed by atoms with Gasteiger partial charge in [-0.05, 0) is 48.2 Å². The van der Waals surface area contributed by atoms with Crippen LogP contribution in [0.15, 0.2) is 48.5 Å². The number of fused-ring (bicyclic) bond motifs is 1. The van der Waals surface area contributed by atoms with Crippen molar-refractivity contribution in [1.82, 2.24) is 4.57 Å². The molecule has 0 spiro atoms. The lowest BCUT2D eigenvalue weighted by molar-refractivity contribution is -0.137. The Morgan fingerprint density at radius 1 is 1.00 bits per heavy atom. The molecule has 152 valence electrons. The maximum absolute atomic E-state index is 12.1. The number of para-hydroxylation sites is 1. The molecule has 2 aromatic carbocycles. The number of carbonyl (C=O) groups is 1. The number of benzene rings is 2. The van der Waals surface area contributed by atoms with Gasteiger partial charge in [0.2, 0.25) is 5.75 Å². The first-order valence-corrected chi connectivity index (χ1v) is 9.27. The number of aryl methyl sites for hydroxylation is 1. The van der Waals surface area contributed by atoms with E-state index in [2.05, 4.69) is 22.8 Å². The summed E-state index contributed by atoms with van der Waals surface area (Å²) in [6.07, 6.45) is 3.05. The molecule has 0 atom stereocenters. The average molecular weight is 395 g/mol. The van der Waals surface area contributed by atoms with E-state index >= 15 is 0 Å². The highest BCUT2D eigenvalue weighted by Gasteiger charge is 2.12. The predicted molar refractivity (Wildman–Crippen MR) is 113 cm³/mol. The van der Waals surface area contributed by atoms with Gasteiger partial charge in [-0.1, -0.05) is 18.2 Å². The van der Waals surface area contributed by atoms with Crippen molar-refractivity contribution < 1.29 is 23.7 Å². The first kappa shape index (κ1) is 20.3. The Labute approximate surface area is 170 Å². The largest absolute Gasteiger partial charge is 0.493 e. The Kier molecular flexibility index (Phi) is 6.44. The van der Waals surface area contributed by atoms with Gasteiger partial charge < -0.3 is 23.5 Å². The quantitative estimate of drug-likeness (QED) is 0.422. The Morgan fingerprint density at radius 3 is 2.34 bits per heavy atom. The monoisotopic (exact) mass is 395 g/mol. The van der Waals surface area contributed by atoms with Gasteiger partial charge in [0.05, 0.1) is 27.9 Å². The third-order valence-electron chi connectivity index (χ3n) is 4.68. The number of carbonyl (C=O) groups excluding carboxylic acids is 1. The maximum atomic E-state index is 12.1. The van der Waals surface area contributed by atoms with Crippen LogP contribution in [0.5, 0.6) is 17.2 Å². The van der Waals surface area contributed by atoms with Gasteiger partial charge in [0.25, 0.3) is 0 Å². The molecule has 0 saturated carbocycles. The summed E-state index contributed by atoms with van der Waals surface area (Å²) < 4.78 is 23.5. The van der Waals surface area contributed by atoms with E-state index in [4.69, 9.17) is 18.9 Å². The first-order chi connectivity index (χ1) is 14.1. The van der Waals surface area contributed by atoms with Crippen molar-refractivity contribution in [3.63, 3.8) is 0 Å². The molecule has 3 rings (SSSR count). The molecule has 6 heteroatoms. The number of aromatic nitrogens is 1. The van der Waals surface area contributed by atoms with E-state index in [1.165, 1.54) is 11.5 Å². The van der Waals surface area contributed by atoms with E-state index in [0.29, 0.717) is 23.8 Å². The second-order valence-electron chi connectivity index (χ2n) is 6.46. The number of hydrogen-bond acceptors (Lipinski definition) is 5. The molecule has 0 unspecified atom stereocenters. The lowest BCUT2D eigenvalue weighted by Gasteiger charge is -2.12. The van der Waals surface area contributed by atoms with Gasteiger partial charge >= 0.3 is 5.97 Å². The minimum atomic E-state index is -0.409. The van der Waals surface area contributed by atoms with E-state index < -0.39 is 5.97 Å². The SMILES string of the molecule is COc1cc(/C=C/C(=O)OCCn2c(C)cc3ccccc32)cc(OC)c1OC. The van der Waals surface area contributed by atoms with E-state index in [1.807, 2.05) is 19.1 Å². The molecule has 0 aliphatic carbocycles. The zero-order chi connectivity index (χ0) is 20.8. The third kappa shape index (κ3) is 4.54. The van der Waals surface area contributed by atoms with Crippen LogP contribution in [0, 0.1) is 6.92 Å². The maximum Gasteiger partial charge on any atom is 0.330 e. The first-order valence-electron chi connectivity index (χ1n) is 9.27. The van der Waals surface area contributed by atoms with Crippen LogP contribution in [0.3, 0.4) is 0 Å². The Balaban J connectivity index is 1.63. The molecule has 0 bridgehead atoms. The van der Waals surface area contributed by atoms with Crippen LogP contribution in [0.25, 0.3) is 17.0 Å². The summed E-state index contributed by atoms with van der Waals surface area (Å²) in [6, 6.07) is 13.8. The topological polar surface area (TPSA) is 58.9 Å². The molecular formula is C23H25NO5. The molecule has 1 aromatic heterocycles. The second kappa shape index (κ2) is 9.19. The summed E-state index contributed by atoms with van der Waals surface area (Å²) in [5, 5.41) is 1.18. The van der Waals surface area contributed by atoms with Crippen molar-refractivity contribution in [3.8, 4) is 17.2 Å². The summed E-state index contributed by atoms with van der Waals surface area (Å²) in [6.45, 7) is 2.94. The third-order valence-corrected chi connectivity index (χ3v) is 4.68. The van der Waals surface area contributed by atoms with Crippen molar-refractivity contribution in [2.24, 2.45) is 0 Å². The fourth-order valence-electron chi connectivity index (χ4n) is 3.29. The zero-order valence-electron chi connectivity index (χ0n) is 17.1. The van der Waals surface area contributed by atoms with Gasteiger partial charge in [-0.15, -0.1) is 0 Å². The fraction of sp³-hybridized carbons (Fsp3) is 0.261. The number of esters is 1. The molecule has 6 nitrogen and oxygen atoms in total. The standard InChI is InChI=1S/C23H25NO5/c1-16-13-18-7-5-6-8-19(18)24(16)11-12-29-22(25)10-9-17-14-20(26-2)23(28-4)21(15-17)27-3/h5-10,13-15H,11-12H2,1-4H3/b10-9+. The van der Waals surface area contributed by atoms with Gasteiger partial charge in [-0.2, -0.15) is 0 Å². The summed E-state index contributed by atoms with van der Waals surface area (Å²) >= 11 is 0. The van der Waals surface area contributed by atoms with Gasteiger partial charge in [-0.25, -0.2) is 4.79 Å². The molecule has 0 fully saturated rings. The molecule has 1 heterocycles. The molecule has 0 amide bonds. The Morgan fingerprint density at radius 2 is 1.69 bits per heavy atom. The molecule has 0 N–H and O–H groups in total. The van der Waals surface area contributed by atoms with Crippen molar-refractivity contribution >= 4 is 22.9 Å². The minimum absolute atomic E-state index is 0.290. The molecule has 0 radical (unpaired) electrons. The van der Waals surface area contributed by atoms with E-state index in [-0.39, 0.29) is 6.61 Å². The number of hydrogen-bond donors (Lipinski definition) is 0. The minimum Gasteiger partial charge on any atom is -0.493 e. The zero-order valence-corrected chi connectivity index (χ0v) is 17.1. The Bertz CT molecular complexity index is 1010. The van der Waals surface area contributed by atoms with Crippen molar-refractivity contribution in [2.75, 3.05) is 27.9 Å². The van der Waals surface area contributed by atoms with Crippen LogP contribution >= 0.6 is 0 Å². The summed E-state index contributed by atoms with van der Waals surface area (Å²) in [4.78, 5) is 12.1. The van der Waals surface area contributed by atoms with E-state index in [9.17, 15) is 4.79 Å². The van der Waals surface area contributed by atoms with Crippen molar-refractivity contribution in [1.29, 1.82) is 0 Å². The summed E-state index contributed by atoms with van der Waals surface area (Å²) in [5.74, 6) is 1.14. The highest BCUT2D eigenvalue weighted by atomic mass is 16.5. The number of methoxy groups -OCH3 is 3. The lowest BCUT2D eigenvalue weighted by Crippen LogP contribution is -2.10. The van der Waals surface area contributed by atoms with Crippen LogP contribution in [0.2, 0.25) is 0 Å². The fourth-order valence-corrected chi connectivity index (χ4v) is 3.29. The number of ether oxygens (including phenoxy) is 4. The van der Waals surface area contributed by atoms with Crippen LogP contribution in [0.1, 0.15) is 11.3 Å². The van der Waals surface area contributed by atoms with Crippen molar-refractivity contribution in [2.45, 2.75) is 13.5 Å². The number of rotatable bonds is 8. The smallest absolute Gasteiger partial charge is 0.330 e. The highest BCUT2D eigenvalue weighted by molar-refractivity contribution is 5.87. The van der Waals surface area contributed by atoms with E-state index in [0.717, 1.165) is 16.8 Å². The van der Waals surface area contributed by atoms with Gasteiger partial charge in [0, 0.05) is 17.3 Å². The van der Waals surface area contributed by atoms with Crippen molar-refractivity contribution in [3.05, 3.63) is 59.8 Å². The molecular weight excluding hydrogens is 370 g/mol. The van der Waals surface area contributed by atoms with Crippen LogP contribution < -0.4 is 14.2 Å². The van der Waals surface area contributed by atoms with Gasteiger partial charge in [0.15, 0.2) is 11.5 Å². The average Bonchev–Trinajstić information content (AvgIpc) is 3.06. The molecule has 0 aliphatic rings. The molecule has 3 aromatic rings. The normalized spacial score (nSPS) is 11.0. The summed E-state index contributed by atoms with van der Waals surface area (Å²) in [7, 11) is 4.64. The molecule has 0 saturated heterocycles. The second-order valence-corrected chi connectivity index (χ2v) is 6.46. The molecule has 0 aliphatic heterocycles. The number of nitrogens with zero attached hydrogens (tertiary/aromatic N) is 1. The van der Waals surface area contributed by atoms with Crippen LogP contribution in [0.4, 0.5) is 0 Å². The Hall–Kier alpha value is -3.41. The van der Waals surface area contributed by atoms with Gasteiger partial charge in [0.1, 0.15) is 6.61 Å². The van der Waals surface area contributed by atoms with E-state index in [1.54, 1.807) is 39.5 Å². The summed E-state index contributed by atoms with van der Waals surface area (Å²) in [5.41, 5.74) is 3.01. The van der Waals surface area contributed by atoms with Crippen LogP contribution in [-0.2, 0) is 16.1 Å². The van der Waals surface area contributed by atoms with Gasteiger partial charge in [-0.3, -0.25) is 0 Å². The van der Waals surface area contributed by atoms with Crippen LogP contribution in [-0.4, -0.2) is 38.5 Å². The molecule has 29 heavy (non-hydrogen) atoms. The predicted octanol–water partition coefficient (Wildman–Crippen LogP) is 4.23. The highest BCUT2D eigenvalue weighted by Crippen LogP contribution is 2.38. The lowest BCUT2D eigenvalue weighted by atomic mass is 10.1.